The monoisotopic (exact) mass is 332 g/mol. The molecule has 2 aliphatic heterocycles. The fourth-order valence-electron chi connectivity index (χ4n) is 4.21. The van der Waals surface area contributed by atoms with E-state index in [0.29, 0.717) is 5.92 Å². The molecule has 1 aliphatic carbocycles. The van der Waals surface area contributed by atoms with Gasteiger partial charge in [-0.3, -0.25) is 9.36 Å². The molecule has 0 spiro atoms. The molecule has 0 bridgehead atoms. The number of hydrogen-bond donors (Lipinski definition) is 0. The summed E-state index contributed by atoms with van der Waals surface area (Å²) in [6.07, 6.45) is 10.5. The van der Waals surface area contributed by atoms with Crippen LogP contribution in [0.5, 0.6) is 0 Å². The van der Waals surface area contributed by atoms with Gasteiger partial charge in [0.25, 0.3) is 5.56 Å². The van der Waals surface area contributed by atoms with E-state index in [1.165, 1.54) is 11.3 Å². The fraction of sp³-hybridized carbons (Fsp3) is 0.300. The van der Waals surface area contributed by atoms with E-state index < -0.39 is 0 Å². The summed E-state index contributed by atoms with van der Waals surface area (Å²) in [6, 6.07) is 5.93. The van der Waals surface area contributed by atoms with Crippen molar-refractivity contribution >= 4 is 16.7 Å². The van der Waals surface area contributed by atoms with Crippen LogP contribution in [0.4, 0.5) is 5.69 Å². The molecule has 3 aliphatic rings. The lowest BCUT2D eigenvalue weighted by Crippen LogP contribution is -2.45. The SMILES string of the molecule is Cn1c(=O)c(N2CCN3CC4C=CC=CC4=C3C2)cc2cccnc21. The molecule has 0 radical (unpaired) electrons. The number of hydrogen-bond acceptors (Lipinski definition) is 4. The lowest BCUT2D eigenvalue weighted by molar-refractivity contribution is 0.335. The third-order valence-electron chi connectivity index (χ3n) is 5.53. The van der Waals surface area contributed by atoms with Crippen LogP contribution in [-0.2, 0) is 7.05 Å². The molecular formula is C20H20N4O. The molecule has 5 heteroatoms. The van der Waals surface area contributed by atoms with Gasteiger partial charge in [-0.1, -0.05) is 24.3 Å². The van der Waals surface area contributed by atoms with Crippen LogP contribution in [-0.4, -0.2) is 40.6 Å². The van der Waals surface area contributed by atoms with Crippen molar-refractivity contribution in [2.45, 2.75) is 0 Å². The summed E-state index contributed by atoms with van der Waals surface area (Å²) in [5, 5.41) is 1.00. The van der Waals surface area contributed by atoms with Gasteiger partial charge in [0.05, 0.1) is 6.54 Å². The molecule has 5 rings (SSSR count). The van der Waals surface area contributed by atoms with E-state index in [0.717, 1.165) is 42.9 Å². The number of pyridine rings is 2. The highest BCUT2D eigenvalue weighted by atomic mass is 16.1. The van der Waals surface area contributed by atoms with Gasteiger partial charge in [-0.05, 0) is 23.8 Å². The Labute approximate surface area is 146 Å². The van der Waals surface area contributed by atoms with E-state index in [1.54, 1.807) is 17.8 Å². The Morgan fingerprint density at radius 1 is 1.20 bits per heavy atom. The maximum atomic E-state index is 12.9. The average molecular weight is 332 g/mol. The number of nitrogens with zero attached hydrogens (tertiary/aromatic N) is 4. The van der Waals surface area contributed by atoms with Gasteiger partial charge in [-0.25, -0.2) is 4.98 Å². The van der Waals surface area contributed by atoms with Gasteiger partial charge >= 0.3 is 0 Å². The predicted molar refractivity (Wildman–Crippen MR) is 99.6 cm³/mol. The zero-order chi connectivity index (χ0) is 17.0. The number of piperazine rings is 1. The largest absolute Gasteiger partial charge is 0.370 e. The third kappa shape index (κ3) is 2.15. The molecule has 1 fully saturated rings. The highest BCUT2D eigenvalue weighted by Gasteiger charge is 2.33. The Hall–Kier alpha value is -2.82. The van der Waals surface area contributed by atoms with Crippen molar-refractivity contribution in [2.24, 2.45) is 13.0 Å². The van der Waals surface area contributed by atoms with E-state index in [1.807, 2.05) is 18.2 Å². The summed E-state index contributed by atoms with van der Waals surface area (Å²) < 4.78 is 1.66. The molecule has 126 valence electrons. The van der Waals surface area contributed by atoms with Crippen molar-refractivity contribution in [1.29, 1.82) is 0 Å². The van der Waals surface area contributed by atoms with Gasteiger partial charge in [-0.2, -0.15) is 0 Å². The van der Waals surface area contributed by atoms with E-state index in [2.05, 4.69) is 39.1 Å². The first-order valence-electron chi connectivity index (χ1n) is 8.75. The minimum absolute atomic E-state index is 0.0267. The Kier molecular flexibility index (Phi) is 3.10. The van der Waals surface area contributed by atoms with Crippen molar-refractivity contribution in [3.05, 3.63) is 70.3 Å². The summed E-state index contributed by atoms with van der Waals surface area (Å²) in [5.74, 6) is 0.503. The summed E-state index contributed by atoms with van der Waals surface area (Å²) in [5.41, 5.74) is 4.31. The van der Waals surface area contributed by atoms with Crippen molar-refractivity contribution in [2.75, 3.05) is 31.1 Å². The number of aromatic nitrogens is 2. The maximum Gasteiger partial charge on any atom is 0.275 e. The molecule has 25 heavy (non-hydrogen) atoms. The highest BCUT2D eigenvalue weighted by Crippen LogP contribution is 2.35. The maximum absolute atomic E-state index is 12.9. The van der Waals surface area contributed by atoms with Crippen LogP contribution in [0.25, 0.3) is 11.0 Å². The van der Waals surface area contributed by atoms with Crippen LogP contribution in [0.1, 0.15) is 0 Å². The van der Waals surface area contributed by atoms with Crippen LogP contribution < -0.4 is 10.5 Å². The van der Waals surface area contributed by atoms with Crippen molar-refractivity contribution in [3.63, 3.8) is 0 Å². The number of rotatable bonds is 1. The number of aryl methyl sites for hydroxylation is 1. The van der Waals surface area contributed by atoms with Crippen molar-refractivity contribution in [1.82, 2.24) is 14.5 Å². The molecule has 2 aromatic rings. The van der Waals surface area contributed by atoms with Crippen LogP contribution in [0.3, 0.4) is 0 Å². The summed E-state index contributed by atoms with van der Waals surface area (Å²) in [6.45, 7) is 3.70. The molecule has 1 saturated heterocycles. The summed E-state index contributed by atoms with van der Waals surface area (Å²) in [4.78, 5) is 21.9. The fourth-order valence-corrected chi connectivity index (χ4v) is 4.21. The molecule has 5 nitrogen and oxygen atoms in total. The molecule has 0 amide bonds. The van der Waals surface area contributed by atoms with Crippen LogP contribution in [0.15, 0.2) is 64.8 Å². The second-order valence-electron chi connectivity index (χ2n) is 6.93. The lowest BCUT2D eigenvalue weighted by atomic mass is 9.96. The van der Waals surface area contributed by atoms with Crippen LogP contribution >= 0.6 is 0 Å². The smallest absolute Gasteiger partial charge is 0.275 e. The Morgan fingerprint density at radius 2 is 2.08 bits per heavy atom. The van der Waals surface area contributed by atoms with Gasteiger partial charge < -0.3 is 9.80 Å². The van der Waals surface area contributed by atoms with Gasteiger partial charge in [-0.15, -0.1) is 0 Å². The van der Waals surface area contributed by atoms with Crippen molar-refractivity contribution < 1.29 is 0 Å². The first-order chi connectivity index (χ1) is 12.2. The average Bonchev–Trinajstić information content (AvgIpc) is 3.02. The topological polar surface area (TPSA) is 41.4 Å². The van der Waals surface area contributed by atoms with Crippen LogP contribution in [0, 0.1) is 5.92 Å². The van der Waals surface area contributed by atoms with E-state index in [-0.39, 0.29) is 5.56 Å². The predicted octanol–water partition coefficient (Wildman–Crippen LogP) is 2.07. The third-order valence-corrected chi connectivity index (χ3v) is 5.53. The van der Waals surface area contributed by atoms with E-state index in [4.69, 9.17) is 0 Å². The zero-order valence-corrected chi connectivity index (χ0v) is 14.2. The number of fused-ring (bicyclic) bond motifs is 3. The minimum atomic E-state index is 0.0267. The quantitative estimate of drug-likeness (QED) is 0.802. The molecule has 0 N–H and O–H groups in total. The molecule has 0 aromatic carbocycles. The molecule has 1 unspecified atom stereocenters. The zero-order valence-electron chi connectivity index (χ0n) is 14.2. The highest BCUT2D eigenvalue weighted by molar-refractivity contribution is 5.79. The standard InChI is InChI=1S/C20H20N4O/c1-22-19-14(6-4-8-21-19)11-17(20(22)25)24-10-9-23-12-15-5-2-3-7-16(15)18(23)13-24/h2-8,11,15H,9-10,12-13H2,1H3. The second kappa shape index (κ2) is 5.34. The van der Waals surface area contributed by atoms with Crippen molar-refractivity contribution in [3.8, 4) is 0 Å². The number of allylic oxidation sites excluding steroid dienone is 3. The van der Waals surface area contributed by atoms with Gasteiger partial charge in [0.1, 0.15) is 11.3 Å². The minimum Gasteiger partial charge on any atom is -0.370 e. The number of anilines is 1. The van der Waals surface area contributed by atoms with E-state index >= 15 is 0 Å². The van der Waals surface area contributed by atoms with Gasteiger partial charge in [0.15, 0.2) is 0 Å². The molecule has 2 aromatic heterocycles. The lowest BCUT2D eigenvalue weighted by Gasteiger charge is -2.37. The first kappa shape index (κ1) is 14.5. The van der Waals surface area contributed by atoms with E-state index in [9.17, 15) is 4.79 Å². The summed E-state index contributed by atoms with van der Waals surface area (Å²) in [7, 11) is 1.81. The summed E-state index contributed by atoms with van der Waals surface area (Å²) >= 11 is 0. The Bertz CT molecular complexity index is 1010. The van der Waals surface area contributed by atoms with Gasteiger partial charge in [0, 0.05) is 49.9 Å². The van der Waals surface area contributed by atoms with Gasteiger partial charge in [0.2, 0.25) is 0 Å². The molecule has 0 saturated carbocycles. The Balaban J connectivity index is 1.58. The second-order valence-corrected chi connectivity index (χ2v) is 6.93. The first-order valence-corrected chi connectivity index (χ1v) is 8.75. The molecule has 1 atom stereocenters. The Morgan fingerprint density at radius 3 is 3.00 bits per heavy atom. The molecule has 4 heterocycles. The molecular weight excluding hydrogens is 312 g/mol. The van der Waals surface area contributed by atoms with Crippen LogP contribution in [0.2, 0.25) is 0 Å². The normalized spacial score (nSPS) is 21.9.